The third-order valence-electron chi connectivity index (χ3n) is 5.40. The monoisotopic (exact) mass is 342 g/mol. The molecule has 0 amide bonds. The Kier molecular flexibility index (Phi) is 14.9. The molecule has 0 bridgehead atoms. The minimum absolute atomic E-state index is 0.208. The van der Waals surface area contributed by atoms with E-state index in [1.807, 2.05) is 0 Å². The average molecular weight is 343 g/mol. The van der Waals surface area contributed by atoms with Crippen LogP contribution in [0.1, 0.15) is 103 Å². The van der Waals surface area contributed by atoms with Gasteiger partial charge in [-0.1, -0.05) is 96.3 Å². The van der Waals surface area contributed by atoms with Gasteiger partial charge in [-0.25, -0.2) is 0 Å². The normalized spacial score (nSPS) is 17.2. The lowest BCUT2D eigenvalue weighted by Crippen LogP contribution is -2.19. The molecule has 24 heavy (non-hydrogen) atoms. The third kappa shape index (κ3) is 13.2. The molecule has 1 atom stereocenters. The van der Waals surface area contributed by atoms with Crippen LogP contribution < -0.4 is 0 Å². The lowest BCUT2D eigenvalue weighted by molar-refractivity contribution is 0.00526. The number of hydrogen-bond donors (Lipinski definition) is 2. The quantitative estimate of drug-likeness (QED) is 0.378. The summed E-state index contributed by atoms with van der Waals surface area (Å²) in [4.78, 5) is 0. The zero-order valence-corrected chi connectivity index (χ0v) is 15.9. The van der Waals surface area contributed by atoms with Crippen molar-refractivity contribution >= 4 is 0 Å². The van der Waals surface area contributed by atoms with Gasteiger partial charge in [0.15, 0.2) is 0 Å². The maximum atomic E-state index is 9.13. The first-order valence-electron chi connectivity index (χ1n) is 10.7. The van der Waals surface area contributed by atoms with Crippen LogP contribution >= 0.6 is 0 Å². The standard InChI is InChI=1S/C21H42O3/c22-18-21(23)19-24-17-13-8-6-4-2-1-3-5-7-10-14-20-15-11-9-12-16-20/h20-23H,1-19H2. The molecule has 0 aromatic carbocycles. The van der Waals surface area contributed by atoms with E-state index in [-0.39, 0.29) is 13.2 Å². The van der Waals surface area contributed by atoms with Crippen LogP contribution in [0.15, 0.2) is 0 Å². The highest BCUT2D eigenvalue weighted by Crippen LogP contribution is 2.28. The summed E-state index contributed by atoms with van der Waals surface area (Å²) in [6.45, 7) is 0.760. The number of unbranched alkanes of at least 4 members (excludes halogenated alkanes) is 9. The summed E-state index contributed by atoms with van der Waals surface area (Å²) >= 11 is 0. The molecule has 3 nitrogen and oxygen atoms in total. The minimum atomic E-state index is -0.715. The highest BCUT2D eigenvalue weighted by atomic mass is 16.5. The van der Waals surface area contributed by atoms with Gasteiger partial charge in [-0.05, 0) is 12.3 Å². The second-order valence-electron chi connectivity index (χ2n) is 7.74. The Bertz CT molecular complexity index is 251. The van der Waals surface area contributed by atoms with Crippen molar-refractivity contribution in [2.75, 3.05) is 19.8 Å². The fraction of sp³-hybridized carbons (Fsp3) is 1.00. The van der Waals surface area contributed by atoms with Crippen LogP contribution in [-0.2, 0) is 4.74 Å². The average Bonchev–Trinajstić information content (AvgIpc) is 2.62. The molecule has 1 aliphatic rings. The Hall–Kier alpha value is -0.120. The van der Waals surface area contributed by atoms with Gasteiger partial charge < -0.3 is 14.9 Å². The molecule has 0 spiro atoms. The molecule has 0 heterocycles. The van der Waals surface area contributed by atoms with E-state index in [0.29, 0.717) is 6.61 Å². The summed E-state index contributed by atoms with van der Waals surface area (Å²) < 4.78 is 5.30. The van der Waals surface area contributed by atoms with Crippen molar-refractivity contribution in [3.05, 3.63) is 0 Å². The molecule has 1 fully saturated rings. The van der Waals surface area contributed by atoms with Crippen LogP contribution in [0.4, 0.5) is 0 Å². The van der Waals surface area contributed by atoms with Crippen molar-refractivity contribution in [1.29, 1.82) is 0 Å². The van der Waals surface area contributed by atoms with E-state index >= 15 is 0 Å². The van der Waals surface area contributed by atoms with Crippen LogP contribution in [0.2, 0.25) is 0 Å². The van der Waals surface area contributed by atoms with Crippen LogP contribution in [0.3, 0.4) is 0 Å². The summed E-state index contributed by atoms with van der Waals surface area (Å²) in [5, 5.41) is 17.8. The van der Waals surface area contributed by atoms with Gasteiger partial charge >= 0.3 is 0 Å². The Labute approximate surface area is 150 Å². The lowest BCUT2D eigenvalue weighted by Gasteiger charge is -2.21. The predicted molar refractivity (Wildman–Crippen MR) is 101 cm³/mol. The second kappa shape index (κ2) is 16.4. The molecular formula is C21H42O3. The molecule has 1 saturated carbocycles. The van der Waals surface area contributed by atoms with Crippen LogP contribution in [0.25, 0.3) is 0 Å². The number of aliphatic hydroxyl groups is 2. The van der Waals surface area contributed by atoms with Crippen molar-refractivity contribution in [3.8, 4) is 0 Å². The van der Waals surface area contributed by atoms with Gasteiger partial charge in [0, 0.05) is 6.61 Å². The second-order valence-corrected chi connectivity index (χ2v) is 7.74. The SMILES string of the molecule is OCC(O)COCCCCCCCCCCCCC1CCCCC1. The molecule has 1 rings (SSSR count). The van der Waals surface area contributed by atoms with E-state index in [0.717, 1.165) is 12.3 Å². The summed E-state index contributed by atoms with van der Waals surface area (Å²) in [5.41, 5.74) is 0. The summed E-state index contributed by atoms with van der Waals surface area (Å²) in [6.07, 6.45) is 21.8. The van der Waals surface area contributed by atoms with E-state index in [1.54, 1.807) is 0 Å². The third-order valence-corrected chi connectivity index (χ3v) is 5.40. The van der Waals surface area contributed by atoms with E-state index in [2.05, 4.69) is 0 Å². The van der Waals surface area contributed by atoms with Gasteiger partial charge in [-0.15, -0.1) is 0 Å². The van der Waals surface area contributed by atoms with Gasteiger partial charge in [0.1, 0.15) is 6.10 Å². The Morgan fingerprint density at radius 3 is 1.88 bits per heavy atom. The molecule has 0 aromatic heterocycles. The molecule has 0 saturated heterocycles. The summed E-state index contributed by atoms with van der Waals surface area (Å²) in [6, 6.07) is 0. The van der Waals surface area contributed by atoms with E-state index in [1.165, 1.54) is 96.3 Å². The van der Waals surface area contributed by atoms with Gasteiger partial charge in [-0.3, -0.25) is 0 Å². The van der Waals surface area contributed by atoms with Gasteiger partial charge in [0.05, 0.1) is 13.2 Å². The Morgan fingerprint density at radius 1 is 0.750 bits per heavy atom. The molecular weight excluding hydrogens is 300 g/mol. The van der Waals surface area contributed by atoms with Crippen molar-refractivity contribution in [2.24, 2.45) is 5.92 Å². The molecule has 1 aliphatic carbocycles. The maximum Gasteiger partial charge on any atom is 0.100 e. The van der Waals surface area contributed by atoms with Gasteiger partial charge in [0.25, 0.3) is 0 Å². The number of aliphatic hydroxyl groups excluding tert-OH is 2. The predicted octanol–water partition coefficient (Wildman–Crippen LogP) is 5.23. The highest BCUT2D eigenvalue weighted by molar-refractivity contribution is 4.65. The number of ether oxygens (including phenoxy) is 1. The van der Waals surface area contributed by atoms with E-state index < -0.39 is 6.10 Å². The first-order valence-corrected chi connectivity index (χ1v) is 10.7. The van der Waals surface area contributed by atoms with E-state index in [4.69, 9.17) is 14.9 Å². The van der Waals surface area contributed by atoms with Crippen molar-refractivity contribution < 1.29 is 14.9 Å². The van der Waals surface area contributed by atoms with Crippen LogP contribution in [0.5, 0.6) is 0 Å². The summed E-state index contributed by atoms with van der Waals surface area (Å²) in [7, 11) is 0. The largest absolute Gasteiger partial charge is 0.394 e. The first-order chi connectivity index (χ1) is 11.8. The molecule has 0 aliphatic heterocycles. The van der Waals surface area contributed by atoms with Gasteiger partial charge in [-0.2, -0.15) is 0 Å². The maximum absolute atomic E-state index is 9.13. The van der Waals surface area contributed by atoms with Crippen molar-refractivity contribution in [3.63, 3.8) is 0 Å². The Morgan fingerprint density at radius 2 is 1.29 bits per heavy atom. The fourth-order valence-electron chi connectivity index (χ4n) is 3.80. The molecule has 0 radical (unpaired) electrons. The van der Waals surface area contributed by atoms with Gasteiger partial charge in [0.2, 0.25) is 0 Å². The fourth-order valence-corrected chi connectivity index (χ4v) is 3.80. The first kappa shape index (κ1) is 21.9. The molecule has 1 unspecified atom stereocenters. The molecule has 2 N–H and O–H groups in total. The molecule has 0 aromatic rings. The zero-order valence-electron chi connectivity index (χ0n) is 15.9. The lowest BCUT2D eigenvalue weighted by atomic mass is 9.85. The van der Waals surface area contributed by atoms with Crippen LogP contribution in [0, 0.1) is 5.92 Å². The smallest absolute Gasteiger partial charge is 0.100 e. The van der Waals surface area contributed by atoms with Crippen LogP contribution in [-0.4, -0.2) is 36.1 Å². The van der Waals surface area contributed by atoms with E-state index in [9.17, 15) is 0 Å². The highest BCUT2D eigenvalue weighted by Gasteiger charge is 2.12. The Balaban J connectivity index is 1.69. The number of hydrogen-bond acceptors (Lipinski definition) is 3. The summed E-state index contributed by atoms with van der Waals surface area (Å²) in [5.74, 6) is 1.06. The number of rotatable bonds is 16. The molecule has 3 heteroatoms. The molecule has 144 valence electrons. The zero-order chi connectivity index (χ0) is 17.3. The van der Waals surface area contributed by atoms with Crippen molar-refractivity contribution in [2.45, 2.75) is 109 Å². The van der Waals surface area contributed by atoms with Crippen molar-refractivity contribution in [1.82, 2.24) is 0 Å². The topological polar surface area (TPSA) is 49.7 Å². The minimum Gasteiger partial charge on any atom is -0.394 e.